The zero-order valence-corrected chi connectivity index (χ0v) is 12.0. The van der Waals surface area contributed by atoms with Crippen LogP contribution in [0, 0.1) is 0 Å². The summed E-state index contributed by atoms with van der Waals surface area (Å²) in [7, 11) is 1.41. The number of rotatable bonds is 7. The quantitative estimate of drug-likeness (QED) is 0.644. The number of hydrogen-bond acceptors (Lipinski definition) is 5. The number of carbonyl (C=O) groups excluding carboxylic acids is 2. The van der Waals surface area contributed by atoms with Gasteiger partial charge >= 0.3 is 5.97 Å². The van der Waals surface area contributed by atoms with Gasteiger partial charge in [-0.3, -0.25) is 14.5 Å². The van der Waals surface area contributed by atoms with Crippen molar-refractivity contribution in [1.82, 2.24) is 15.1 Å². The number of ether oxygens (including phenoxy) is 1. The number of amides is 1. The zero-order chi connectivity index (χ0) is 14.1. The highest BCUT2D eigenvalue weighted by Crippen LogP contribution is 2.02. The second-order valence-electron chi connectivity index (χ2n) is 4.79. The Labute approximate surface area is 115 Å². The summed E-state index contributed by atoms with van der Waals surface area (Å²) >= 11 is 0. The Morgan fingerprint density at radius 1 is 1.16 bits per heavy atom. The Morgan fingerprint density at radius 2 is 1.79 bits per heavy atom. The van der Waals surface area contributed by atoms with E-state index in [1.54, 1.807) is 0 Å². The van der Waals surface area contributed by atoms with Crippen molar-refractivity contribution >= 4 is 11.9 Å². The number of carbonyl (C=O) groups is 2. The van der Waals surface area contributed by atoms with Gasteiger partial charge in [0.15, 0.2) is 0 Å². The van der Waals surface area contributed by atoms with E-state index in [0.717, 1.165) is 45.7 Å². The smallest absolute Gasteiger partial charge is 0.306 e. The Morgan fingerprint density at radius 3 is 2.37 bits per heavy atom. The molecule has 1 heterocycles. The molecule has 110 valence electrons. The van der Waals surface area contributed by atoms with Gasteiger partial charge in [-0.2, -0.15) is 0 Å². The van der Waals surface area contributed by atoms with Crippen molar-refractivity contribution < 1.29 is 14.3 Å². The maximum absolute atomic E-state index is 11.6. The van der Waals surface area contributed by atoms with Gasteiger partial charge < -0.3 is 15.0 Å². The lowest BCUT2D eigenvalue weighted by atomic mass is 10.3. The van der Waals surface area contributed by atoms with Gasteiger partial charge in [-0.15, -0.1) is 0 Å². The molecule has 6 heteroatoms. The Hall–Kier alpha value is -1.14. The number of hydrogen-bond donors (Lipinski definition) is 1. The topological polar surface area (TPSA) is 61.9 Å². The molecule has 1 amide bonds. The molecule has 0 aromatic heterocycles. The van der Waals surface area contributed by atoms with E-state index in [1.807, 2.05) is 6.92 Å². The summed E-state index contributed by atoms with van der Waals surface area (Å²) in [4.78, 5) is 27.0. The molecule has 0 saturated carbocycles. The van der Waals surface area contributed by atoms with E-state index in [1.165, 1.54) is 7.11 Å². The Bertz CT molecular complexity index is 289. The molecular weight excluding hydrogens is 246 g/mol. The van der Waals surface area contributed by atoms with Crippen molar-refractivity contribution in [1.29, 1.82) is 0 Å². The zero-order valence-electron chi connectivity index (χ0n) is 12.0. The van der Waals surface area contributed by atoms with Crippen LogP contribution >= 0.6 is 0 Å². The first-order valence-electron chi connectivity index (χ1n) is 6.94. The van der Waals surface area contributed by atoms with Crippen molar-refractivity contribution in [3.8, 4) is 0 Å². The van der Waals surface area contributed by atoms with Crippen LogP contribution in [0.15, 0.2) is 0 Å². The van der Waals surface area contributed by atoms with Crippen molar-refractivity contribution in [2.75, 3.05) is 52.9 Å². The normalized spacial score (nSPS) is 17.2. The molecule has 0 aromatic carbocycles. The van der Waals surface area contributed by atoms with Crippen LogP contribution in [0.25, 0.3) is 0 Å². The molecule has 0 aromatic rings. The van der Waals surface area contributed by atoms with Crippen LogP contribution in [0.1, 0.15) is 19.8 Å². The van der Waals surface area contributed by atoms with Gasteiger partial charge in [0.1, 0.15) is 0 Å². The lowest BCUT2D eigenvalue weighted by Gasteiger charge is -2.34. The number of nitrogens with one attached hydrogen (secondary N) is 1. The van der Waals surface area contributed by atoms with Crippen molar-refractivity contribution in [3.63, 3.8) is 0 Å². The number of nitrogens with zero attached hydrogens (tertiary/aromatic N) is 2. The fourth-order valence-corrected chi connectivity index (χ4v) is 2.05. The first-order chi connectivity index (χ1) is 9.15. The molecule has 0 radical (unpaired) electrons. The van der Waals surface area contributed by atoms with Gasteiger partial charge in [0.25, 0.3) is 0 Å². The molecule has 0 aliphatic carbocycles. The molecule has 1 rings (SSSR count). The van der Waals surface area contributed by atoms with Gasteiger partial charge in [-0.05, 0) is 6.42 Å². The Balaban J connectivity index is 2.14. The number of esters is 1. The molecule has 1 aliphatic heterocycles. The van der Waals surface area contributed by atoms with E-state index in [-0.39, 0.29) is 11.9 Å². The number of piperazine rings is 1. The SMILES string of the molecule is CCCNC(=O)CN1CCN(CCC(=O)OC)CC1. The second kappa shape index (κ2) is 8.87. The van der Waals surface area contributed by atoms with Crippen LogP contribution in [0.3, 0.4) is 0 Å². The lowest BCUT2D eigenvalue weighted by Crippen LogP contribution is -2.49. The summed E-state index contributed by atoms with van der Waals surface area (Å²) in [5.41, 5.74) is 0. The molecule has 0 bridgehead atoms. The van der Waals surface area contributed by atoms with E-state index < -0.39 is 0 Å². The van der Waals surface area contributed by atoms with Crippen LogP contribution < -0.4 is 5.32 Å². The molecule has 1 N–H and O–H groups in total. The highest BCUT2D eigenvalue weighted by atomic mass is 16.5. The third-order valence-electron chi connectivity index (χ3n) is 3.26. The predicted octanol–water partition coefficient (Wildman–Crippen LogP) is -0.307. The molecule has 1 saturated heterocycles. The van der Waals surface area contributed by atoms with Crippen molar-refractivity contribution in [2.24, 2.45) is 0 Å². The summed E-state index contributed by atoms with van der Waals surface area (Å²) in [6, 6.07) is 0. The van der Waals surface area contributed by atoms with Crippen LogP contribution in [0.2, 0.25) is 0 Å². The fraction of sp³-hybridized carbons (Fsp3) is 0.846. The molecule has 0 unspecified atom stereocenters. The van der Waals surface area contributed by atoms with E-state index in [0.29, 0.717) is 13.0 Å². The van der Waals surface area contributed by atoms with Gasteiger partial charge in [0.2, 0.25) is 5.91 Å². The predicted molar refractivity (Wildman–Crippen MR) is 72.8 cm³/mol. The minimum absolute atomic E-state index is 0.102. The third-order valence-corrected chi connectivity index (χ3v) is 3.26. The van der Waals surface area contributed by atoms with Gasteiger partial charge in [0, 0.05) is 39.3 Å². The molecule has 1 aliphatic rings. The molecule has 1 fully saturated rings. The van der Waals surface area contributed by atoms with Crippen LogP contribution in [0.4, 0.5) is 0 Å². The summed E-state index contributed by atoms with van der Waals surface area (Å²) in [6.45, 7) is 7.56. The fourth-order valence-electron chi connectivity index (χ4n) is 2.05. The maximum Gasteiger partial charge on any atom is 0.306 e. The van der Waals surface area contributed by atoms with E-state index >= 15 is 0 Å². The van der Waals surface area contributed by atoms with Gasteiger partial charge in [0.05, 0.1) is 20.1 Å². The summed E-state index contributed by atoms with van der Waals surface area (Å²) in [5, 5.41) is 2.88. The summed E-state index contributed by atoms with van der Waals surface area (Å²) in [5.74, 6) is -0.0637. The van der Waals surface area contributed by atoms with Gasteiger partial charge in [-0.25, -0.2) is 0 Å². The van der Waals surface area contributed by atoms with Gasteiger partial charge in [-0.1, -0.05) is 6.92 Å². The Kier molecular flexibility index (Phi) is 7.43. The minimum Gasteiger partial charge on any atom is -0.469 e. The molecular formula is C13H25N3O3. The average molecular weight is 271 g/mol. The molecule has 0 spiro atoms. The van der Waals surface area contributed by atoms with Crippen molar-refractivity contribution in [3.05, 3.63) is 0 Å². The first kappa shape index (κ1) is 15.9. The maximum atomic E-state index is 11.6. The third kappa shape index (κ3) is 6.54. The van der Waals surface area contributed by atoms with E-state index in [4.69, 9.17) is 0 Å². The minimum atomic E-state index is -0.165. The lowest BCUT2D eigenvalue weighted by molar-refractivity contribution is -0.141. The first-order valence-corrected chi connectivity index (χ1v) is 6.94. The summed E-state index contributed by atoms with van der Waals surface area (Å²) < 4.78 is 4.62. The highest BCUT2D eigenvalue weighted by molar-refractivity contribution is 5.77. The molecule has 6 nitrogen and oxygen atoms in total. The number of methoxy groups -OCH3 is 1. The molecule has 19 heavy (non-hydrogen) atoms. The largest absolute Gasteiger partial charge is 0.469 e. The molecule has 0 atom stereocenters. The van der Waals surface area contributed by atoms with Crippen LogP contribution in [-0.2, 0) is 14.3 Å². The highest BCUT2D eigenvalue weighted by Gasteiger charge is 2.19. The van der Waals surface area contributed by atoms with Crippen molar-refractivity contribution in [2.45, 2.75) is 19.8 Å². The van der Waals surface area contributed by atoms with E-state index in [2.05, 4.69) is 19.9 Å². The standard InChI is InChI=1S/C13H25N3O3/c1-3-5-14-12(17)11-16-9-7-15(8-10-16)6-4-13(18)19-2/h3-11H2,1-2H3,(H,14,17). The summed E-state index contributed by atoms with van der Waals surface area (Å²) in [6.07, 6.45) is 1.40. The average Bonchev–Trinajstić information content (AvgIpc) is 2.44. The van der Waals surface area contributed by atoms with Crippen LogP contribution in [0.5, 0.6) is 0 Å². The second-order valence-corrected chi connectivity index (χ2v) is 4.79. The van der Waals surface area contributed by atoms with Crippen LogP contribution in [-0.4, -0.2) is 74.6 Å². The van der Waals surface area contributed by atoms with E-state index in [9.17, 15) is 9.59 Å². The monoisotopic (exact) mass is 271 g/mol.